The number of phenolic OH excluding ortho intramolecular Hbond substituents is 1. The van der Waals surface area contributed by atoms with Crippen molar-refractivity contribution in [2.75, 3.05) is 0 Å². The molecule has 0 atom stereocenters. The lowest BCUT2D eigenvalue weighted by Gasteiger charge is -2.06. The summed E-state index contributed by atoms with van der Waals surface area (Å²) in [5, 5.41) is 12.2. The van der Waals surface area contributed by atoms with Crippen LogP contribution in [0.3, 0.4) is 0 Å². The zero-order valence-corrected chi connectivity index (χ0v) is 10.4. The van der Waals surface area contributed by atoms with E-state index in [1.165, 1.54) is 0 Å². The molecule has 0 aliphatic carbocycles. The summed E-state index contributed by atoms with van der Waals surface area (Å²) in [6.45, 7) is 3.94. The van der Waals surface area contributed by atoms with Gasteiger partial charge in [-0.1, -0.05) is 30.3 Å². The van der Waals surface area contributed by atoms with Gasteiger partial charge in [0, 0.05) is 5.69 Å². The highest BCUT2D eigenvalue weighted by Crippen LogP contribution is 2.34. The molecule has 2 aromatic carbocycles. The average Bonchev–Trinajstić information content (AvgIpc) is 2.69. The van der Waals surface area contributed by atoms with Crippen molar-refractivity contribution in [1.29, 1.82) is 0 Å². The molecular weight excluding hydrogens is 224 g/mol. The van der Waals surface area contributed by atoms with Gasteiger partial charge in [0.15, 0.2) is 0 Å². The van der Waals surface area contributed by atoms with Crippen molar-refractivity contribution < 1.29 is 5.11 Å². The number of benzene rings is 2. The smallest absolute Gasteiger partial charge is 0.142 e. The quantitative estimate of drug-likeness (QED) is 0.681. The third kappa shape index (κ3) is 1.56. The summed E-state index contributed by atoms with van der Waals surface area (Å²) in [7, 11) is 0. The molecule has 0 aliphatic rings. The number of rotatable bonds is 1. The van der Waals surface area contributed by atoms with Crippen molar-refractivity contribution in [2.45, 2.75) is 13.8 Å². The van der Waals surface area contributed by atoms with Gasteiger partial charge in [-0.3, -0.25) is 0 Å². The number of fused-ring (bicyclic) bond motifs is 1. The molecule has 18 heavy (non-hydrogen) atoms. The van der Waals surface area contributed by atoms with E-state index in [0.717, 1.165) is 33.5 Å². The highest BCUT2D eigenvalue weighted by atomic mass is 16.3. The highest BCUT2D eigenvalue weighted by molar-refractivity contribution is 5.98. The van der Waals surface area contributed by atoms with E-state index in [2.05, 4.69) is 9.97 Å². The van der Waals surface area contributed by atoms with Gasteiger partial charge in [0.2, 0.25) is 0 Å². The van der Waals surface area contributed by atoms with Crippen LogP contribution in [-0.2, 0) is 0 Å². The van der Waals surface area contributed by atoms with E-state index in [-0.39, 0.29) is 5.75 Å². The van der Waals surface area contributed by atoms with Crippen molar-refractivity contribution in [3.8, 4) is 17.1 Å². The lowest BCUT2D eigenvalue weighted by Crippen LogP contribution is -1.85. The van der Waals surface area contributed by atoms with Gasteiger partial charge in [-0.15, -0.1) is 0 Å². The number of aromatic amines is 1. The monoisotopic (exact) mass is 238 g/mol. The predicted molar refractivity (Wildman–Crippen MR) is 72.7 cm³/mol. The molecule has 3 heteroatoms. The Labute approximate surface area is 105 Å². The number of imidazole rings is 1. The van der Waals surface area contributed by atoms with E-state index in [4.69, 9.17) is 0 Å². The number of aryl methyl sites for hydroxylation is 2. The Bertz CT molecular complexity index is 709. The summed E-state index contributed by atoms with van der Waals surface area (Å²) in [6, 6.07) is 11.6. The molecule has 0 aliphatic heterocycles. The average molecular weight is 238 g/mol. The topological polar surface area (TPSA) is 48.9 Å². The van der Waals surface area contributed by atoms with Crippen molar-refractivity contribution in [2.24, 2.45) is 0 Å². The molecule has 2 N–H and O–H groups in total. The zero-order valence-electron chi connectivity index (χ0n) is 10.4. The molecule has 1 heterocycles. The zero-order chi connectivity index (χ0) is 12.7. The van der Waals surface area contributed by atoms with E-state index < -0.39 is 0 Å². The second-order valence-corrected chi connectivity index (χ2v) is 4.48. The number of aromatic nitrogens is 2. The minimum absolute atomic E-state index is 0.252. The van der Waals surface area contributed by atoms with Crippen molar-refractivity contribution in [3.63, 3.8) is 0 Å². The highest BCUT2D eigenvalue weighted by Gasteiger charge is 2.13. The Morgan fingerprint density at radius 1 is 1.06 bits per heavy atom. The van der Waals surface area contributed by atoms with Crippen LogP contribution in [0.15, 0.2) is 36.4 Å². The fraction of sp³-hybridized carbons (Fsp3) is 0.133. The standard InChI is InChI=1S/C15H14N2O/c1-9-10(2)17-15(16-9)14-12-6-4-3-5-11(12)7-8-13(14)18/h3-8,18H,1-2H3,(H,16,17). The van der Waals surface area contributed by atoms with Crippen LogP contribution in [0.4, 0.5) is 0 Å². The van der Waals surface area contributed by atoms with Crippen LogP contribution in [0.5, 0.6) is 5.75 Å². The maximum absolute atomic E-state index is 10.1. The van der Waals surface area contributed by atoms with Crippen molar-refractivity contribution in [1.82, 2.24) is 9.97 Å². The molecule has 0 saturated heterocycles. The van der Waals surface area contributed by atoms with Gasteiger partial charge in [0.25, 0.3) is 0 Å². The van der Waals surface area contributed by atoms with Crippen molar-refractivity contribution >= 4 is 10.8 Å². The molecule has 0 radical (unpaired) electrons. The lowest BCUT2D eigenvalue weighted by molar-refractivity contribution is 0.477. The number of hydrogen-bond acceptors (Lipinski definition) is 2. The van der Waals surface area contributed by atoms with E-state index in [1.807, 2.05) is 44.2 Å². The SMILES string of the molecule is Cc1nc(-c2c(O)ccc3ccccc23)[nH]c1C. The fourth-order valence-corrected chi connectivity index (χ4v) is 2.17. The number of aromatic hydroxyl groups is 1. The first-order chi connectivity index (χ1) is 8.66. The van der Waals surface area contributed by atoms with Crippen molar-refractivity contribution in [3.05, 3.63) is 47.8 Å². The van der Waals surface area contributed by atoms with Gasteiger partial charge in [-0.05, 0) is 30.7 Å². The van der Waals surface area contributed by atoms with Gasteiger partial charge < -0.3 is 10.1 Å². The first-order valence-corrected chi connectivity index (χ1v) is 5.91. The van der Waals surface area contributed by atoms with E-state index in [1.54, 1.807) is 6.07 Å². The largest absolute Gasteiger partial charge is 0.507 e. The maximum atomic E-state index is 10.1. The summed E-state index contributed by atoms with van der Waals surface area (Å²) in [6.07, 6.45) is 0. The predicted octanol–water partition coefficient (Wildman–Crippen LogP) is 3.55. The molecule has 0 unspecified atom stereocenters. The number of phenols is 1. The van der Waals surface area contributed by atoms with Crippen LogP contribution in [0.1, 0.15) is 11.4 Å². The van der Waals surface area contributed by atoms with E-state index >= 15 is 0 Å². The van der Waals surface area contributed by atoms with Crippen LogP contribution in [0.2, 0.25) is 0 Å². The molecule has 3 rings (SSSR count). The van der Waals surface area contributed by atoms with Crippen LogP contribution in [0.25, 0.3) is 22.2 Å². The van der Waals surface area contributed by atoms with Gasteiger partial charge in [0.05, 0.1) is 11.3 Å². The molecule has 0 amide bonds. The number of nitrogens with one attached hydrogen (secondary N) is 1. The second-order valence-electron chi connectivity index (χ2n) is 4.48. The first-order valence-electron chi connectivity index (χ1n) is 5.91. The molecule has 0 spiro atoms. The van der Waals surface area contributed by atoms with Crippen LogP contribution >= 0.6 is 0 Å². The van der Waals surface area contributed by atoms with E-state index in [0.29, 0.717) is 0 Å². The summed E-state index contributed by atoms with van der Waals surface area (Å²) in [4.78, 5) is 7.70. The maximum Gasteiger partial charge on any atom is 0.142 e. The summed E-state index contributed by atoms with van der Waals surface area (Å²) < 4.78 is 0. The normalized spacial score (nSPS) is 11.0. The van der Waals surface area contributed by atoms with Gasteiger partial charge in [-0.25, -0.2) is 4.98 Å². The molecule has 3 aromatic rings. The number of hydrogen-bond donors (Lipinski definition) is 2. The minimum atomic E-state index is 0.252. The van der Waals surface area contributed by atoms with Crippen LogP contribution < -0.4 is 0 Å². The molecular formula is C15H14N2O. The van der Waals surface area contributed by atoms with E-state index in [9.17, 15) is 5.11 Å². The van der Waals surface area contributed by atoms with Crippen LogP contribution in [-0.4, -0.2) is 15.1 Å². The third-order valence-electron chi connectivity index (χ3n) is 3.27. The van der Waals surface area contributed by atoms with Gasteiger partial charge in [-0.2, -0.15) is 0 Å². The third-order valence-corrected chi connectivity index (χ3v) is 3.27. The molecule has 0 saturated carbocycles. The number of H-pyrrole nitrogens is 1. The summed E-state index contributed by atoms with van der Waals surface area (Å²) in [5.74, 6) is 0.974. The van der Waals surface area contributed by atoms with Crippen LogP contribution in [0, 0.1) is 13.8 Å². The Morgan fingerprint density at radius 3 is 2.56 bits per heavy atom. The number of nitrogens with zero attached hydrogens (tertiary/aromatic N) is 1. The second kappa shape index (κ2) is 3.88. The lowest BCUT2D eigenvalue weighted by atomic mass is 10.0. The minimum Gasteiger partial charge on any atom is -0.507 e. The Hall–Kier alpha value is -2.29. The molecule has 0 bridgehead atoms. The molecule has 1 aromatic heterocycles. The van der Waals surface area contributed by atoms with Gasteiger partial charge >= 0.3 is 0 Å². The fourth-order valence-electron chi connectivity index (χ4n) is 2.17. The molecule has 0 fully saturated rings. The molecule has 3 nitrogen and oxygen atoms in total. The summed E-state index contributed by atoms with van der Waals surface area (Å²) >= 11 is 0. The Kier molecular flexibility index (Phi) is 2.33. The Morgan fingerprint density at radius 2 is 1.83 bits per heavy atom. The molecule has 90 valence electrons. The first kappa shape index (κ1) is 10.8. The Balaban J connectivity index is 2.37. The summed E-state index contributed by atoms with van der Waals surface area (Å²) in [5.41, 5.74) is 2.75. The van der Waals surface area contributed by atoms with Gasteiger partial charge in [0.1, 0.15) is 11.6 Å².